The third-order valence-electron chi connectivity index (χ3n) is 4.99. The maximum absolute atomic E-state index is 12.8. The van der Waals surface area contributed by atoms with Crippen molar-refractivity contribution in [3.63, 3.8) is 0 Å². The molecule has 2 amide bonds. The number of amides is 2. The topological polar surface area (TPSA) is 98.1 Å². The fourth-order valence-electron chi connectivity index (χ4n) is 3.42. The predicted octanol–water partition coefficient (Wildman–Crippen LogP) is 4.26. The fourth-order valence-corrected chi connectivity index (χ4v) is 4.99. The van der Waals surface area contributed by atoms with Crippen LogP contribution in [0, 0.1) is 0 Å². The van der Waals surface area contributed by atoms with Crippen LogP contribution in [0.25, 0.3) is 10.7 Å². The maximum Gasteiger partial charge on any atom is 0.237 e. The molecule has 1 fully saturated rings. The molecule has 3 heterocycles. The van der Waals surface area contributed by atoms with E-state index in [1.165, 1.54) is 18.7 Å². The highest BCUT2D eigenvalue weighted by Crippen LogP contribution is 2.31. The van der Waals surface area contributed by atoms with Crippen LogP contribution in [0.15, 0.2) is 46.9 Å². The molecule has 0 unspecified atom stereocenters. The third kappa shape index (κ3) is 5.56. The first-order valence-corrected chi connectivity index (χ1v) is 12.2. The molecule has 2 aromatic heterocycles. The molecule has 1 aliphatic rings. The first-order chi connectivity index (χ1) is 15.5. The zero-order valence-electron chi connectivity index (χ0n) is 17.9. The molecule has 0 radical (unpaired) electrons. The average molecular weight is 472 g/mol. The Morgan fingerprint density at radius 1 is 1.22 bits per heavy atom. The minimum absolute atomic E-state index is 0.133. The molecule has 2 atom stereocenters. The minimum Gasteiger partial charge on any atom is -0.376 e. The molecule has 1 aliphatic heterocycles. The summed E-state index contributed by atoms with van der Waals surface area (Å²) in [5.74, 6) is 0.534. The van der Waals surface area contributed by atoms with Crippen molar-refractivity contribution in [2.24, 2.45) is 0 Å². The lowest BCUT2D eigenvalue weighted by Gasteiger charge is -2.16. The number of anilines is 2. The van der Waals surface area contributed by atoms with Crippen molar-refractivity contribution >= 4 is 46.3 Å². The van der Waals surface area contributed by atoms with Gasteiger partial charge in [-0.15, -0.1) is 21.5 Å². The van der Waals surface area contributed by atoms with Crippen molar-refractivity contribution in [3.8, 4) is 10.7 Å². The van der Waals surface area contributed by atoms with E-state index in [-0.39, 0.29) is 23.2 Å². The molecule has 0 saturated carbocycles. The smallest absolute Gasteiger partial charge is 0.237 e. The van der Waals surface area contributed by atoms with Gasteiger partial charge in [0, 0.05) is 24.9 Å². The maximum atomic E-state index is 12.8. The van der Waals surface area contributed by atoms with Crippen LogP contribution in [0.5, 0.6) is 0 Å². The molecule has 8 nitrogen and oxygen atoms in total. The van der Waals surface area contributed by atoms with Gasteiger partial charge < -0.3 is 15.4 Å². The van der Waals surface area contributed by atoms with Gasteiger partial charge in [0.05, 0.1) is 22.8 Å². The summed E-state index contributed by atoms with van der Waals surface area (Å²) >= 11 is 2.99. The molecule has 10 heteroatoms. The highest BCUT2D eigenvalue weighted by Gasteiger charge is 2.25. The van der Waals surface area contributed by atoms with E-state index < -0.39 is 0 Å². The Balaban J connectivity index is 1.45. The molecule has 3 aromatic rings. The molecular formula is C22H25N5O3S2. The molecule has 1 saturated heterocycles. The highest BCUT2D eigenvalue weighted by molar-refractivity contribution is 8.00. The number of nitrogens with zero attached hydrogens (tertiary/aromatic N) is 3. The lowest BCUT2D eigenvalue weighted by Crippen LogP contribution is -2.23. The third-order valence-corrected chi connectivity index (χ3v) is 6.94. The second kappa shape index (κ2) is 10.3. The van der Waals surface area contributed by atoms with Crippen LogP contribution in [0.2, 0.25) is 0 Å². The van der Waals surface area contributed by atoms with Gasteiger partial charge in [-0.3, -0.25) is 14.2 Å². The summed E-state index contributed by atoms with van der Waals surface area (Å²) in [5, 5.41) is 16.8. The van der Waals surface area contributed by atoms with Gasteiger partial charge in [-0.2, -0.15) is 0 Å². The van der Waals surface area contributed by atoms with Gasteiger partial charge in [-0.05, 0) is 55.5 Å². The number of hydrogen-bond acceptors (Lipinski definition) is 7. The van der Waals surface area contributed by atoms with Gasteiger partial charge in [-0.1, -0.05) is 17.8 Å². The monoisotopic (exact) mass is 471 g/mol. The van der Waals surface area contributed by atoms with Crippen molar-refractivity contribution in [2.45, 2.75) is 49.7 Å². The molecule has 32 heavy (non-hydrogen) atoms. The molecular weight excluding hydrogens is 446 g/mol. The normalized spacial score (nSPS) is 16.6. The molecule has 0 aliphatic carbocycles. The number of carbonyl (C=O) groups is 2. The molecule has 0 spiro atoms. The summed E-state index contributed by atoms with van der Waals surface area (Å²) in [6.45, 7) is 4.75. The average Bonchev–Trinajstić information content (AvgIpc) is 3.52. The molecule has 2 N–H and O–H groups in total. The second-order valence-corrected chi connectivity index (χ2v) is 9.79. The lowest BCUT2D eigenvalue weighted by molar-refractivity contribution is -0.115. The summed E-state index contributed by atoms with van der Waals surface area (Å²) in [7, 11) is 0. The van der Waals surface area contributed by atoms with Crippen LogP contribution >= 0.6 is 23.1 Å². The summed E-state index contributed by atoms with van der Waals surface area (Å²) in [5.41, 5.74) is 1.35. The van der Waals surface area contributed by atoms with E-state index in [2.05, 4.69) is 25.4 Å². The number of thiophene rings is 1. The zero-order valence-corrected chi connectivity index (χ0v) is 19.5. The van der Waals surface area contributed by atoms with E-state index in [9.17, 15) is 9.59 Å². The summed E-state index contributed by atoms with van der Waals surface area (Å²) in [4.78, 5) is 25.0. The van der Waals surface area contributed by atoms with E-state index in [4.69, 9.17) is 4.74 Å². The SMILES string of the molecule is CC(=O)Nc1ccc(NC(=O)[C@@H](C)Sc2nnc(-c3cccs3)n2C[C@@H]2CCCO2)cc1. The number of nitrogens with one attached hydrogen (secondary N) is 2. The van der Waals surface area contributed by atoms with Gasteiger partial charge in [0.1, 0.15) is 0 Å². The Labute approximate surface area is 194 Å². The first-order valence-electron chi connectivity index (χ1n) is 10.4. The summed E-state index contributed by atoms with van der Waals surface area (Å²) in [6.07, 6.45) is 2.20. The van der Waals surface area contributed by atoms with Crippen molar-refractivity contribution in [1.82, 2.24) is 14.8 Å². The number of ether oxygens (including phenoxy) is 1. The van der Waals surface area contributed by atoms with Crippen LogP contribution in [-0.2, 0) is 20.9 Å². The highest BCUT2D eigenvalue weighted by atomic mass is 32.2. The Kier molecular flexibility index (Phi) is 7.23. The van der Waals surface area contributed by atoms with Crippen molar-refractivity contribution in [3.05, 3.63) is 41.8 Å². The minimum atomic E-state index is -0.381. The Morgan fingerprint density at radius 3 is 2.59 bits per heavy atom. The Hall–Kier alpha value is -2.69. The van der Waals surface area contributed by atoms with Crippen LogP contribution in [0.3, 0.4) is 0 Å². The Morgan fingerprint density at radius 2 is 1.97 bits per heavy atom. The summed E-state index contributed by atoms with van der Waals surface area (Å²) in [6, 6.07) is 11.0. The molecule has 4 rings (SSSR count). The van der Waals surface area contributed by atoms with Crippen molar-refractivity contribution in [2.75, 3.05) is 17.2 Å². The fraction of sp³-hybridized carbons (Fsp3) is 0.364. The van der Waals surface area contributed by atoms with Crippen LogP contribution in [0.4, 0.5) is 11.4 Å². The largest absolute Gasteiger partial charge is 0.376 e. The van der Waals surface area contributed by atoms with Crippen LogP contribution < -0.4 is 10.6 Å². The van der Waals surface area contributed by atoms with Gasteiger partial charge >= 0.3 is 0 Å². The van der Waals surface area contributed by atoms with Crippen LogP contribution in [-0.4, -0.2) is 44.5 Å². The van der Waals surface area contributed by atoms with E-state index in [1.54, 1.807) is 35.6 Å². The van der Waals surface area contributed by atoms with Crippen molar-refractivity contribution < 1.29 is 14.3 Å². The van der Waals surface area contributed by atoms with Crippen molar-refractivity contribution in [1.29, 1.82) is 0 Å². The predicted molar refractivity (Wildman–Crippen MR) is 127 cm³/mol. The van der Waals surface area contributed by atoms with Gasteiger partial charge in [0.25, 0.3) is 0 Å². The Bertz CT molecular complexity index is 1060. The number of benzene rings is 1. The zero-order chi connectivity index (χ0) is 22.5. The number of aromatic nitrogens is 3. The van der Waals surface area contributed by atoms with E-state index in [0.717, 1.165) is 30.2 Å². The summed E-state index contributed by atoms with van der Waals surface area (Å²) < 4.78 is 7.90. The van der Waals surface area contributed by atoms with E-state index in [0.29, 0.717) is 23.1 Å². The second-order valence-electron chi connectivity index (χ2n) is 7.54. The molecule has 1 aromatic carbocycles. The quantitative estimate of drug-likeness (QED) is 0.476. The standard InChI is InChI=1S/C22H25N5O3S2/c1-14(21(29)24-17-9-7-16(8-10-17)23-15(2)28)32-22-26-25-20(19-6-4-12-31-19)27(22)13-18-5-3-11-30-18/h4,6-10,12,14,18H,3,5,11,13H2,1-2H3,(H,23,28)(H,24,29)/t14-,18+/m1/s1. The van der Waals surface area contributed by atoms with Gasteiger partial charge in [0.15, 0.2) is 11.0 Å². The van der Waals surface area contributed by atoms with E-state index >= 15 is 0 Å². The number of thioether (sulfide) groups is 1. The van der Waals surface area contributed by atoms with E-state index in [1.807, 2.05) is 24.4 Å². The molecule has 0 bridgehead atoms. The number of carbonyl (C=O) groups excluding carboxylic acids is 2. The van der Waals surface area contributed by atoms with Gasteiger partial charge in [0.2, 0.25) is 11.8 Å². The first kappa shape index (κ1) is 22.5. The lowest BCUT2D eigenvalue weighted by atomic mass is 10.2. The molecule has 168 valence electrons. The number of rotatable bonds is 8. The van der Waals surface area contributed by atoms with Gasteiger partial charge in [-0.25, -0.2) is 0 Å². The number of hydrogen-bond donors (Lipinski definition) is 2. The van der Waals surface area contributed by atoms with Crippen LogP contribution in [0.1, 0.15) is 26.7 Å².